The maximum atomic E-state index is 13.0. The Morgan fingerprint density at radius 1 is 1.19 bits per heavy atom. The van der Waals surface area contributed by atoms with Gasteiger partial charge in [0.2, 0.25) is 0 Å². The van der Waals surface area contributed by atoms with Crippen molar-refractivity contribution in [1.29, 1.82) is 0 Å². The van der Waals surface area contributed by atoms with Crippen molar-refractivity contribution in [3.8, 4) is 11.3 Å². The number of amides is 1. The first-order valence-electron chi connectivity index (χ1n) is 9.21. The van der Waals surface area contributed by atoms with Crippen LogP contribution in [0.3, 0.4) is 0 Å². The van der Waals surface area contributed by atoms with Crippen LogP contribution in [0.2, 0.25) is 0 Å². The van der Waals surface area contributed by atoms with Crippen LogP contribution in [0.5, 0.6) is 0 Å². The van der Waals surface area contributed by atoms with Crippen molar-refractivity contribution >= 4 is 5.91 Å². The van der Waals surface area contributed by atoms with Gasteiger partial charge in [-0.15, -0.1) is 0 Å². The number of hydrogen-bond acceptors (Lipinski definition) is 5. The van der Waals surface area contributed by atoms with E-state index in [0.717, 1.165) is 44.5 Å². The van der Waals surface area contributed by atoms with Crippen LogP contribution in [0.15, 0.2) is 34.9 Å². The fraction of sp³-hybridized carbons (Fsp3) is 0.500. The fourth-order valence-electron chi connectivity index (χ4n) is 3.93. The van der Waals surface area contributed by atoms with E-state index in [4.69, 9.17) is 14.0 Å². The number of aromatic nitrogens is 1. The van der Waals surface area contributed by atoms with E-state index < -0.39 is 0 Å². The number of benzene rings is 1. The topological polar surface area (TPSA) is 73.6 Å². The highest BCUT2D eigenvalue weighted by atomic mass is 16.5. The molecule has 0 saturated carbocycles. The van der Waals surface area contributed by atoms with Crippen LogP contribution in [0, 0.1) is 6.92 Å². The van der Waals surface area contributed by atoms with Gasteiger partial charge in [0.1, 0.15) is 17.0 Å². The summed E-state index contributed by atoms with van der Waals surface area (Å²) in [6.07, 6.45) is 3.42. The number of nitrogens with one attached hydrogen (secondary N) is 1. The first kappa shape index (κ1) is 17.2. The van der Waals surface area contributed by atoms with Gasteiger partial charge in [-0.2, -0.15) is 0 Å². The number of hydrogen-bond donors (Lipinski definition) is 1. The van der Waals surface area contributed by atoms with Crippen molar-refractivity contribution in [2.24, 2.45) is 0 Å². The first-order valence-corrected chi connectivity index (χ1v) is 9.21. The predicted molar refractivity (Wildman–Crippen MR) is 95.9 cm³/mol. The molecule has 1 aromatic heterocycles. The molecule has 1 aromatic carbocycles. The van der Waals surface area contributed by atoms with Gasteiger partial charge in [-0.1, -0.05) is 35.5 Å². The molecule has 1 N–H and O–H groups in total. The van der Waals surface area contributed by atoms with Gasteiger partial charge in [0.25, 0.3) is 5.91 Å². The Bertz CT molecular complexity index is 760. The number of aryl methyl sites for hydroxylation is 1. The molecule has 1 atom stereocenters. The lowest BCUT2D eigenvalue weighted by Gasteiger charge is -2.43. The third-order valence-corrected chi connectivity index (χ3v) is 5.37. The van der Waals surface area contributed by atoms with E-state index in [0.29, 0.717) is 23.6 Å². The zero-order chi connectivity index (χ0) is 18.0. The van der Waals surface area contributed by atoms with Crippen molar-refractivity contribution in [2.45, 2.75) is 44.2 Å². The van der Waals surface area contributed by atoms with Crippen molar-refractivity contribution in [3.63, 3.8) is 0 Å². The van der Waals surface area contributed by atoms with Gasteiger partial charge in [0, 0.05) is 31.4 Å². The SMILES string of the molecule is Cc1onc(-c2ccccc2)c1C(=O)N[C@H]1CCOC2(CCOCC2)C1. The summed E-state index contributed by atoms with van der Waals surface area (Å²) in [5.74, 6) is 0.408. The van der Waals surface area contributed by atoms with E-state index in [1.807, 2.05) is 30.3 Å². The first-order chi connectivity index (χ1) is 12.7. The Labute approximate surface area is 152 Å². The molecule has 2 aromatic rings. The van der Waals surface area contributed by atoms with Gasteiger partial charge in [-0.05, 0) is 32.6 Å². The van der Waals surface area contributed by atoms with E-state index in [9.17, 15) is 4.79 Å². The molecule has 138 valence electrons. The number of carbonyl (C=O) groups is 1. The van der Waals surface area contributed by atoms with E-state index in [2.05, 4.69) is 10.5 Å². The summed E-state index contributed by atoms with van der Waals surface area (Å²) in [5.41, 5.74) is 1.83. The molecule has 4 rings (SSSR count). The molecule has 6 nitrogen and oxygen atoms in total. The normalized spacial score (nSPS) is 22.3. The van der Waals surface area contributed by atoms with Gasteiger partial charge in [-0.25, -0.2) is 0 Å². The highest BCUT2D eigenvalue weighted by Crippen LogP contribution is 2.34. The molecule has 0 radical (unpaired) electrons. The van der Waals surface area contributed by atoms with Crippen LogP contribution in [0.25, 0.3) is 11.3 Å². The molecule has 0 bridgehead atoms. The number of nitrogens with zero attached hydrogens (tertiary/aromatic N) is 1. The monoisotopic (exact) mass is 356 g/mol. The highest BCUT2D eigenvalue weighted by molar-refractivity contribution is 6.00. The molecule has 0 aliphatic carbocycles. The van der Waals surface area contributed by atoms with Crippen molar-refractivity contribution in [1.82, 2.24) is 10.5 Å². The largest absolute Gasteiger partial charge is 0.381 e. The molecule has 2 saturated heterocycles. The van der Waals surface area contributed by atoms with Gasteiger partial charge in [0.05, 0.1) is 5.60 Å². The Morgan fingerprint density at radius 2 is 1.96 bits per heavy atom. The highest BCUT2D eigenvalue weighted by Gasteiger charge is 2.39. The van der Waals surface area contributed by atoms with Crippen molar-refractivity contribution in [3.05, 3.63) is 41.7 Å². The smallest absolute Gasteiger partial charge is 0.257 e. The summed E-state index contributed by atoms with van der Waals surface area (Å²) >= 11 is 0. The van der Waals surface area contributed by atoms with Crippen molar-refractivity contribution in [2.75, 3.05) is 19.8 Å². The Balaban J connectivity index is 1.51. The average Bonchev–Trinajstić information content (AvgIpc) is 3.05. The third-order valence-electron chi connectivity index (χ3n) is 5.37. The molecule has 6 heteroatoms. The lowest BCUT2D eigenvalue weighted by Crippen LogP contribution is -2.51. The summed E-state index contributed by atoms with van der Waals surface area (Å²) in [5, 5.41) is 7.29. The van der Waals surface area contributed by atoms with E-state index in [1.165, 1.54) is 0 Å². The lowest BCUT2D eigenvalue weighted by molar-refractivity contribution is -0.139. The zero-order valence-corrected chi connectivity index (χ0v) is 15.0. The summed E-state index contributed by atoms with van der Waals surface area (Å²) in [6, 6.07) is 9.74. The molecule has 1 amide bonds. The minimum atomic E-state index is -0.152. The molecular weight excluding hydrogens is 332 g/mol. The second-order valence-corrected chi connectivity index (χ2v) is 7.14. The third kappa shape index (κ3) is 3.39. The Kier molecular flexibility index (Phi) is 4.78. The van der Waals surface area contributed by atoms with Gasteiger partial charge < -0.3 is 19.3 Å². The zero-order valence-electron chi connectivity index (χ0n) is 15.0. The Hall–Kier alpha value is -2.18. The minimum Gasteiger partial charge on any atom is -0.381 e. The molecular formula is C20H24N2O4. The second-order valence-electron chi connectivity index (χ2n) is 7.14. The standard InChI is InChI=1S/C20H24N2O4/c1-14-17(18(22-26-14)15-5-3-2-4-6-15)19(23)21-16-7-10-25-20(13-16)8-11-24-12-9-20/h2-6,16H,7-13H2,1H3,(H,21,23)/t16-/m0/s1. The Morgan fingerprint density at radius 3 is 2.73 bits per heavy atom. The minimum absolute atomic E-state index is 0.0901. The maximum absolute atomic E-state index is 13.0. The number of carbonyl (C=O) groups excluding carboxylic acids is 1. The molecule has 2 aliphatic rings. The van der Waals surface area contributed by atoms with Crippen LogP contribution >= 0.6 is 0 Å². The summed E-state index contributed by atoms with van der Waals surface area (Å²) < 4.78 is 16.8. The maximum Gasteiger partial charge on any atom is 0.257 e. The van der Waals surface area contributed by atoms with Crippen LogP contribution in [0.4, 0.5) is 0 Å². The van der Waals surface area contributed by atoms with Gasteiger partial charge in [-0.3, -0.25) is 4.79 Å². The number of rotatable bonds is 3. The molecule has 1 spiro atoms. The summed E-state index contributed by atoms with van der Waals surface area (Å²) in [7, 11) is 0. The summed E-state index contributed by atoms with van der Waals surface area (Å²) in [4.78, 5) is 13.0. The van der Waals surface area contributed by atoms with Gasteiger partial charge >= 0.3 is 0 Å². The number of ether oxygens (including phenoxy) is 2. The van der Waals surface area contributed by atoms with E-state index >= 15 is 0 Å². The quantitative estimate of drug-likeness (QED) is 0.915. The van der Waals surface area contributed by atoms with Crippen LogP contribution in [-0.4, -0.2) is 42.5 Å². The molecule has 0 unspecified atom stereocenters. The molecule has 2 fully saturated rings. The summed E-state index contributed by atoms with van der Waals surface area (Å²) in [6.45, 7) is 3.89. The molecule has 26 heavy (non-hydrogen) atoms. The van der Waals surface area contributed by atoms with E-state index in [-0.39, 0.29) is 17.6 Å². The average molecular weight is 356 g/mol. The van der Waals surface area contributed by atoms with Crippen LogP contribution < -0.4 is 5.32 Å². The van der Waals surface area contributed by atoms with E-state index in [1.54, 1.807) is 6.92 Å². The van der Waals surface area contributed by atoms with Gasteiger partial charge in [0.15, 0.2) is 0 Å². The second kappa shape index (κ2) is 7.21. The predicted octanol–water partition coefficient (Wildman–Crippen LogP) is 3.11. The lowest BCUT2D eigenvalue weighted by atomic mass is 9.84. The fourth-order valence-corrected chi connectivity index (χ4v) is 3.93. The molecule has 3 heterocycles. The van der Waals surface area contributed by atoms with Crippen molar-refractivity contribution < 1.29 is 18.8 Å². The molecule has 2 aliphatic heterocycles. The van der Waals surface area contributed by atoms with Crippen LogP contribution in [0.1, 0.15) is 41.8 Å². The van der Waals surface area contributed by atoms with Crippen LogP contribution in [-0.2, 0) is 9.47 Å².